The van der Waals surface area contributed by atoms with Crippen LogP contribution in [-0.4, -0.2) is 19.7 Å². The molecule has 2 nitrogen and oxygen atoms in total. The van der Waals surface area contributed by atoms with Gasteiger partial charge >= 0.3 is 0 Å². The Balaban J connectivity index is 2.42. The Morgan fingerprint density at radius 2 is 2.00 bits per heavy atom. The van der Waals surface area contributed by atoms with E-state index in [1.54, 1.807) is 0 Å². The topological polar surface area (TPSA) is 21.3 Å². The molecule has 0 heterocycles. The molecule has 0 fully saturated rings. The van der Waals surface area contributed by atoms with Gasteiger partial charge in [-0.2, -0.15) is 0 Å². The molecule has 0 radical (unpaired) electrons. The summed E-state index contributed by atoms with van der Waals surface area (Å²) in [5.74, 6) is 0.984. The van der Waals surface area contributed by atoms with Crippen molar-refractivity contribution in [3.05, 3.63) is 29.8 Å². The average molecular weight is 249 g/mol. The molecule has 0 atom stereocenters. The van der Waals surface area contributed by atoms with Gasteiger partial charge in [-0.15, -0.1) is 0 Å². The summed E-state index contributed by atoms with van der Waals surface area (Å²) in [7, 11) is 0. The highest BCUT2D eigenvalue weighted by molar-refractivity contribution is 5.28. The fourth-order valence-corrected chi connectivity index (χ4v) is 1.79. The molecular weight excluding hydrogens is 222 g/mol. The molecule has 0 aliphatic heterocycles. The Hall–Kier alpha value is -1.02. The van der Waals surface area contributed by atoms with Gasteiger partial charge in [-0.25, -0.2) is 0 Å². The third-order valence-corrected chi connectivity index (χ3v) is 2.97. The zero-order valence-corrected chi connectivity index (χ0v) is 12.3. The number of ether oxygens (including phenoxy) is 1. The van der Waals surface area contributed by atoms with Crippen molar-refractivity contribution in [1.29, 1.82) is 0 Å². The van der Waals surface area contributed by atoms with Gasteiger partial charge in [0.25, 0.3) is 0 Å². The van der Waals surface area contributed by atoms with Crippen molar-refractivity contribution in [2.75, 3.05) is 19.7 Å². The fourth-order valence-electron chi connectivity index (χ4n) is 1.79. The Labute approximate surface area is 112 Å². The van der Waals surface area contributed by atoms with E-state index < -0.39 is 0 Å². The largest absolute Gasteiger partial charge is 0.493 e. The molecule has 0 saturated heterocycles. The monoisotopic (exact) mass is 249 g/mol. The van der Waals surface area contributed by atoms with Crippen molar-refractivity contribution in [3.8, 4) is 5.75 Å². The minimum absolute atomic E-state index is 0.164. The summed E-state index contributed by atoms with van der Waals surface area (Å²) in [4.78, 5) is 0. The number of rotatable bonds is 8. The first-order chi connectivity index (χ1) is 8.57. The summed E-state index contributed by atoms with van der Waals surface area (Å²) in [6.07, 6.45) is 2.23. The number of hydrogen-bond acceptors (Lipinski definition) is 2. The Bertz CT molecular complexity index is 347. The maximum Gasteiger partial charge on any atom is 0.119 e. The fraction of sp³-hybridized carbons (Fsp3) is 0.625. The Morgan fingerprint density at radius 3 is 2.67 bits per heavy atom. The molecule has 0 saturated carbocycles. The second-order valence-electron chi connectivity index (χ2n) is 5.63. The van der Waals surface area contributed by atoms with Crippen LogP contribution >= 0.6 is 0 Å². The van der Waals surface area contributed by atoms with Crippen LogP contribution in [-0.2, 0) is 6.42 Å². The number of nitrogens with one attached hydrogen (secondary N) is 1. The van der Waals surface area contributed by atoms with Gasteiger partial charge in [0.2, 0.25) is 0 Å². The summed E-state index contributed by atoms with van der Waals surface area (Å²) in [6.45, 7) is 11.6. The highest BCUT2D eigenvalue weighted by Crippen LogP contribution is 2.19. The molecular formula is C16H27NO. The lowest BCUT2D eigenvalue weighted by atomic mass is 9.95. The molecule has 0 spiro atoms. The van der Waals surface area contributed by atoms with E-state index in [1.165, 1.54) is 12.0 Å². The van der Waals surface area contributed by atoms with Crippen LogP contribution in [0.3, 0.4) is 0 Å². The lowest BCUT2D eigenvalue weighted by molar-refractivity contribution is 0.176. The summed E-state index contributed by atoms with van der Waals surface area (Å²) in [5, 5.41) is 3.45. The van der Waals surface area contributed by atoms with Crippen LogP contribution in [0.15, 0.2) is 24.3 Å². The van der Waals surface area contributed by atoms with Crippen LogP contribution in [0.4, 0.5) is 0 Å². The van der Waals surface area contributed by atoms with Crippen LogP contribution in [0.25, 0.3) is 0 Å². The van der Waals surface area contributed by atoms with Gasteiger partial charge in [0.15, 0.2) is 0 Å². The third kappa shape index (κ3) is 5.54. The van der Waals surface area contributed by atoms with E-state index in [1.807, 2.05) is 6.07 Å². The molecule has 1 rings (SSSR count). The van der Waals surface area contributed by atoms with Crippen LogP contribution < -0.4 is 10.1 Å². The molecule has 1 N–H and O–H groups in total. The number of aryl methyl sites for hydroxylation is 1. The van der Waals surface area contributed by atoms with E-state index in [0.29, 0.717) is 0 Å². The second kappa shape index (κ2) is 7.42. The summed E-state index contributed by atoms with van der Waals surface area (Å²) in [5.41, 5.74) is 1.49. The van der Waals surface area contributed by atoms with Gasteiger partial charge in [-0.1, -0.05) is 39.8 Å². The van der Waals surface area contributed by atoms with Gasteiger partial charge in [0.1, 0.15) is 5.75 Å². The molecule has 1 aromatic rings. The summed E-state index contributed by atoms with van der Waals surface area (Å²) >= 11 is 0. The van der Waals surface area contributed by atoms with Crippen molar-refractivity contribution in [3.63, 3.8) is 0 Å². The molecule has 0 unspecified atom stereocenters. The maximum absolute atomic E-state index is 5.90. The lowest BCUT2D eigenvalue weighted by Gasteiger charge is -2.25. The van der Waals surface area contributed by atoms with Crippen LogP contribution in [0.5, 0.6) is 5.75 Å². The van der Waals surface area contributed by atoms with E-state index in [0.717, 1.165) is 31.9 Å². The van der Waals surface area contributed by atoms with Crippen LogP contribution in [0, 0.1) is 5.41 Å². The van der Waals surface area contributed by atoms with Crippen molar-refractivity contribution < 1.29 is 4.74 Å². The molecule has 1 aromatic carbocycles. The average Bonchev–Trinajstić information content (AvgIpc) is 2.37. The van der Waals surface area contributed by atoms with Crippen molar-refractivity contribution in [2.45, 2.75) is 40.5 Å². The van der Waals surface area contributed by atoms with E-state index in [-0.39, 0.29) is 5.41 Å². The molecule has 0 aliphatic rings. The minimum atomic E-state index is 0.164. The van der Waals surface area contributed by atoms with Crippen molar-refractivity contribution >= 4 is 0 Å². The first-order valence-electron chi connectivity index (χ1n) is 7.00. The molecule has 0 aromatic heterocycles. The summed E-state index contributed by atoms with van der Waals surface area (Å²) in [6, 6.07) is 8.38. The highest BCUT2D eigenvalue weighted by atomic mass is 16.5. The molecule has 2 heteroatoms. The van der Waals surface area contributed by atoms with E-state index in [2.05, 4.69) is 51.2 Å². The Kier molecular flexibility index (Phi) is 6.20. The minimum Gasteiger partial charge on any atom is -0.493 e. The van der Waals surface area contributed by atoms with Crippen molar-refractivity contribution in [2.24, 2.45) is 5.41 Å². The van der Waals surface area contributed by atoms with Crippen LogP contribution in [0.1, 0.15) is 39.7 Å². The van der Waals surface area contributed by atoms with Gasteiger partial charge < -0.3 is 10.1 Å². The van der Waals surface area contributed by atoms with Crippen molar-refractivity contribution in [1.82, 2.24) is 5.32 Å². The maximum atomic E-state index is 5.90. The molecule has 102 valence electrons. The Morgan fingerprint density at radius 1 is 1.22 bits per heavy atom. The van der Waals surface area contributed by atoms with Crippen LogP contribution in [0.2, 0.25) is 0 Å². The zero-order chi connectivity index (χ0) is 13.4. The summed E-state index contributed by atoms with van der Waals surface area (Å²) < 4.78 is 5.90. The van der Waals surface area contributed by atoms with E-state index in [4.69, 9.17) is 4.74 Å². The van der Waals surface area contributed by atoms with E-state index in [9.17, 15) is 0 Å². The zero-order valence-electron chi connectivity index (χ0n) is 12.3. The SMILES string of the molecule is CCCNCC(C)(C)COc1cccc(CC)c1. The smallest absolute Gasteiger partial charge is 0.119 e. The quantitative estimate of drug-likeness (QED) is 0.710. The molecule has 0 bridgehead atoms. The lowest BCUT2D eigenvalue weighted by Crippen LogP contribution is -2.34. The van der Waals surface area contributed by atoms with Gasteiger partial charge in [0, 0.05) is 12.0 Å². The molecule has 0 amide bonds. The highest BCUT2D eigenvalue weighted by Gasteiger charge is 2.18. The molecule has 0 aliphatic carbocycles. The first kappa shape index (κ1) is 15.0. The van der Waals surface area contributed by atoms with E-state index >= 15 is 0 Å². The van der Waals surface area contributed by atoms with Gasteiger partial charge in [-0.05, 0) is 37.1 Å². The standard InChI is InChI=1S/C16H27NO/c1-5-10-17-12-16(3,4)13-18-15-9-7-8-14(6-2)11-15/h7-9,11,17H,5-6,10,12-13H2,1-4H3. The van der Waals surface area contributed by atoms with Gasteiger partial charge in [-0.3, -0.25) is 0 Å². The first-order valence-corrected chi connectivity index (χ1v) is 7.00. The van der Waals surface area contributed by atoms with Gasteiger partial charge in [0.05, 0.1) is 6.61 Å². The predicted octanol–water partition coefficient (Wildman–Crippen LogP) is 3.65. The normalized spacial score (nSPS) is 11.6. The number of hydrogen-bond donors (Lipinski definition) is 1. The number of benzene rings is 1. The third-order valence-electron chi connectivity index (χ3n) is 2.97. The molecule has 18 heavy (non-hydrogen) atoms. The predicted molar refractivity (Wildman–Crippen MR) is 78.3 cm³/mol. The second-order valence-corrected chi connectivity index (χ2v) is 5.63.